The highest BCUT2D eigenvalue weighted by molar-refractivity contribution is 6.02. The summed E-state index contributed by atoms with van der Waals surface area (Å²) in [5.74, 6) is -3.16. The minimum absolute atomic E-state index is 0.0551. The molecule has 0 atom stereocenters. The Kier molecular flexibility index (Phi) is 4.09. The summed E-state index contributed by atoms with van der Waals surface area (Å²) in [7, 11) is 0. The monoisotopic (exact) mass is 255 g/mol. The molecule has 1 rings (SSSR count). The molecule has 7 nitrogen and oxygen atoms in total. The highest BCUT2D eigenvalue weighted by atomic mass is 16.6. The molecule has 0 aliphatic rings. The van der Waals surface area contributed by atoms with E-state index in [1.54, 1.807) is 0 Å². The molecular weight excluding hydrogens is 242 g/mol. The van der Waals surface area contributed by atoms with Gasteiger partial charge in [0.1, 0.15) is 11.3 Å². The number of rotatable bonds is 5. The molecule has 1 aromatic carbocycles. The molecule has 0 unspecified atom stereocenters. The van der Waals surface area contributed by atoms with Crippen molar-refractivity contribution >= 4 is 11.5 Å². The third kappa shape index (κ3) is 2.50. The summed E-state index contributed by atoms with van der Waals surface area (Å²) in [6.45, 7) is 1.85. The van der Waals surface area contributed by atoms with Crippen LogP contribution >= 0.6 is 0 Å². The predicted molar refractivity (Wildman–Crippen MR) is 61.9 cm³/mol. The Morgan fingerprint density at radius 3 is 2.44 bits per heavy atom. The van der Waals surface area contributed by atoms with Crippen molar-refractivity contribution in [1.82, 2.24) is 0 Å². The number of carbonyl (C=O) groups excluding carboxylic acids is 1. The van der Waals surface area contributed by atoms with Gasteiger partial charge in [-0.3, -0.25) is 14.9 Å². The SMILES string of the molecule is CCCCC(=O)c1c(O)cc(O)c([N+](=O)[O-])c1O. The zero-order chi connectivity index (χ0) is 13.9. The molecule has 0 aromatic heterocycles. The molecular formula is C11H13NO6. The van der Waals surface area contributed by atoms with Crippen LogP contribution in [-0.4, -0.2) is 26.0 Å². The van der Waals surface area contributed by atoms with E-state index in [0.717, 1.165) is 6.42 Å². The number of phenolic OH excluding ortho intramolecular Hbond substituents is 3. The minimum Gasteiger partial charge on any atom is -0.507 e. The van der Waals surface area contributed by atoms with Gasteiger partial charge in [-0.05, 0) is 6.42 Å². The summed E-state index contributed by atoms with van der Waals surface area (Å²) >= 11 is 0. The van der Waals surface area contributed by atoms with Crippen LogP contribution in [0.2, 0.25) is 0 Å². The maximum atomic E-state index is 11.7. The molecule has 3 N–H and O–H groups in total. The zero-order valence-corrected chi connectivity index (χ0v) is 9.71. The number of carbonyl (C=O) groups is 1. The quantitative estimate of drug-likeness (QED) is 0.420. The minimum atomic E-state index is -1.01. The van der Waals surface area contributed by atoms with Gasteiger partial charge in [0.05, 0.1) is 4.92 Å². The molecule has 0 heterocycles. The van der Waals surface area contributed by atoms with E-state index in [0.29, 0.717) is 12.5 Å². The number of ketones is 1. The molecule has 0 radical (unpaired) electrons. The molecule has 98 valence electrons. The smallest absolute Gasteiger partial charge is 0.352 e. The topological polar surface area (TPSA) is 121 Å². The van der Waals surface area contributed by atoms with E-state index in [-0.39, 0.29) is 6.42 Å². The number of nitro benzene ring substituents is 1. The first kappa shape index (κ1) is 13.8. The normalized spacial score (nSPS) is 10.3. The number of aromatic hydroxyl groups is 3. The number of unbranched alkanes of at least 4 members (excludes halogenated alkanes) is 1. The molecule has 0 amide bonds. The van der Waals surface area contributed by atoms with Crippen LogP contribution < -0.4 is 0 Å². The Morgan fingerprint density at radius 1 is 1.33 bits per heavy atom. The standard InChI is InChI=1S/C11H13NO6/c1-2-3-4-6(13)9-7(14)5-8(15)10(11(9)16)12(17)18/h5,14-16H,2-4H2,1H3. The number of benzene rings is 1. The molecule has 18 heavy (non-hydrogen) atoms. The van der Waals surface area contributed by atoms with Crippen molar-refractivity contribution in [2.75, 3.05) is 0 Å². The fourth-order valence-corrected chi connectivity index (χ4v) is 1.55. The Hall–Kier alpha value is -2.31. The number of hydrogen-bond donors (Lipinski definition) is 3. The number of hydrogen-bond acceptors (Lipinski definition) is 6. The fraction of sp³-hybridized carbons (Fsp3) is 0.364. The summed E-state index contributed by atoms with van der Waals surface area (Å²) in [5.41, 5.74) is -1.50. The van der Waals surface area contributed by atoms with Crippen molar-refractivity contribution in [3.8, 4) is 17.2 Å². The van der Waals surface area contributed by atoms with E-state index in [4.69, 9.17) is 0 Å². The fourth-order valence-electron chi connectivity index (χ4n) is 1.55. The zero-order valence-electron chi connectivity index (χ0n) is 9.71. The van der Waals surface area contributed by atoms with Crippen molar-refractivity contribution in [1.29, 1.82) is 0 Å². The van der Waals surface area contributed by atoms with Crippen molar-refractivity contribution in [3.05, 3.63) is 21.7 Å². The third-order valence-electron chi connectivity index (χ3n) is 2.45. The summed E-state index contributed by atoms with van der Waals surface area (Å²) in [5, 5.41) is 39.0. The average Bonchev–Trinajstić information content (AvgIpc) is 2.24. The first-order valence-corrected chi connectivity index (χ1v) is 5.35. The maximum absolute atomic E-state index is 11.7. The van der Waals surface area contributed by atoms with Crippen LogP contribution in [0.25, 0.3) is 0 Å². The molecule has 0 bridgehead atoms. The van der Waals surface area contributed by atoms with Gasteiger partial charge in [0, 0.05) is 12.5 Å². The van der Waals surface area contributed by atoms with E-state index < -0.39 is 39.2 Å². The second kappa shape index (κ2) is 5.35. The Morgan fingerprint density at radius 2 is 1.94 bits per heavy atom. The van der Waals surface area contributed by atoms with E-state index in [1.807, 2.05) is 6.92 Å². The van der Waals surface area contributed by atoms with Crippen molar-refractivity contribution in [2.24, 2.45) is 0 Å². The first-order chi connectivity index (χ1) is 8.40. The summed E-state index contributed by atoms with van der Waals surface area (Å²) < 4.78 is 0. The summed E-state index contributed by atoms with van der Waals surface area (Å²) in [6, 6.07) is 0.678. The molecule has 0 spiro atoms. The van der Waals surface area contributed by atoms with Gasteiger partial charge in [0.2, 0.25) is 11.5 Å². The van der Waals surface area contributed by atoms with Crippen molar-refractivity contribution in [3.63, 3.8) is 0 Å². The van der Waals surface area contributed by atoms with Gasteiger partial charge in [0.15, 0.2) is 5.78 Å². The highest BCUT2D eigenvalue weighted by Gasteiger charge is 2.29. The number of nitro groups is 1. The van der Waals surface area contributed by atoms with Crippen molar-refractivity contribution < 1.29 is 25.0 Å². The summed E-state index contributed by atoms with van der Waals surface area (Å²) in [6.07, 6.45) is 1.32. The van der Waals surface area contributed by atoms with Crippen LogP contribution in [0.4, 0.5) is 5.69 Å². The lowest BCUT2D eigenvalue weighted by atomic mass is 10.0. The van der Waals surface area contributed by atoms with E-state index in [2.05, 4.69) is 0 Å². The Labute approximate surface area is 102 Å². The van der Waals surface area contributed by atoms with Crippen LogP contribution in [0.15, 0.2) is 6.07 Å². The van der Waals surface area contributed by atoms with Crippen LogP contribution in [0.3, 0.4) is 0 Å². The van der Waals surface area contributed by atoms with E-state index in [1.165, 1.54) is 0 Å². The van der Waals surface area contributed by atoms with Crippen LogP contribution in [0, 0.1) is 10.1 Å². The van der Waals surface area contributed by atoms with Gasteiger partial charge >= 0.3 is 5.69 Å². The maximum Gasteiger partial charge on any atom is 0.352 e. The highest BCUT2D eigenvalue weighted by Crippen LogP contribution is 2.43. The van der Waals surface area contributed by atoms with Crippen LogP contribution in [0.5, 0.6) is 17.2 Å². The van der Waals surface area contributed by atoms with Gasteiger partial charge < -0.3 is 15.3 Å². The van der Waals surface area contributed by atoms with Gasteiger partial charge in [-0.15, -0.1) is 0 Å². The van der Waals surface area contributed by atoms with E-state index in [9.17, 15) is 30.2 Å². The van der Waals surface area contributed by atoms with Gasteiger partial charge in [-0.1, -0.05) is 13.3 Å². The lowest BCUT2D eigenvalue weighted by Gasteiger charge is -2.07. The number of phenols is 3. The molecule has 0 aliphatic heterocycles. The second-order valence-electron chi connectivity index (χ2n) is 3.77. The lowest BCUT2D eigenvalue weighted by molar-refractivity contribution is -0.386. The van der Waals surface area contributed by atoms with E-state index >= 15 is 0 Å². The summed E-state index contributed by atoms with van der Waals surface area (Å²) in [4.78, 5) is 21.3. The number of Topliss-reactive ketones (excluding diaryl/α,β-unsaturated/α-hetero) is 1. The molecule has 1 aromatic rings. The van der Waals surface area contributed by atoms with Crippen LogP contribution in [0.1, 0.15) is 36.5 Å². The number of nitrogens with zero attached hydrogens (tertiary/aromatic N) is 1. The van der Waals surface area contributed by atoms with Crippen molar-refractivity contribution in [2.45, 2.75) is 26.2 Å². The van der Waals surface area contributed by atoms with Gasteiger partial charge in [-0.2, -0.15) is 0 Å². The Bertz CT molecular complexity index is 497. The second-order valence-corrected chi connectivity index (χ2v) is 3.77. The average molecular weight is 255 g/mol. The van der Waals surface area contributed by atoms with Gasteiger partial charge in [0.25, 0.3) is 0 Å². The third-order valence-corrected chi connectivity index (χ3v) is 2.45. The van der Waals surface area contributed by atoms with Gasteiger partial charge in [-0.25, -0.2) is 0 Å². The molecule has 0 saturated carbocycles. The first-order valence-electron chi connectivity index (χ1n) is 5.35. The molecule has 0 saturated heterocycles. The largest absolute Gasteiger partial charge is 0.507 e. The lowest BCUT2D eigenvalue weighted by Crippen LogP contribution is -2.02. The molecule has 0 fully saturated rings. The Balaban J connectivity index is 3.31. The molecule has 0 aliphatic carbocycles. The molecule has 7 heteroatoms. The predicted octanol–water partition coefficient (Wildman–Crippen LogP) is 2.08. The van der Waals surface area contributed by atoms with Crippen LogP contribution in [-0.2, 0) is 0 Å².